The molecule has 0 aliphatic carbocycles. The van der Waals surface area contributed by atoms with Crippen LogP contribution in [0.15, 0.2) is 54.9 Å². The molecule has 0 bridgehead atoms. The Morgan fingerprint density at radius 2 is 1.95 bits per heavy atom. The zero-order valence-corrected chi connectivity index (χ0v) is 11.5. The van der Waals surface area contributed by atoms with E-state index in [9.17, 15) is 9.90 Å². The molecule has 0 atom stereocenters. The lowest BCUT2D eigenvalue weighted by atomic mass is 10.0. The molecule has 2 aromatic carbocycles. The quantitative estimate of drug-likeness (QED) is 0.754. The first-order chi connectivity index (χ1) is 10.2. The Kier molecular flexibility index (Phi) is 3.28. The number of aryl methyl sites for hydroxylation is 1. The molecule has 1 aromatic heterocycles. The first kappa shape index (κ1) is 13.1. The average Bonchev–Trinajstić information content (AvgIpc) is 2.50. The van der Waals surface area contributed by atoms with Crippen molar-refractivity contribution in [2.45, 2.75) is 6.92 Å². The lowest BCUT2D eigenvalue weighted by Crippen LogP contribution is -2.13. The zero-order valence-electron chi connectivity index (χ0n) is 11.5. The van der Waals surface area contributed by atoms with Gasteiger partial charge < -0.3 is 10.4 Å². The number of carbonyl (C=O) groups excluding carboxylic acids is 1. The molecule has 1 amide bonds. The number of benzene rings is 2. The normalized spacial score (nSPS) is 10.5. The molecule has 0 unspecified atom stereocenters. The summed E-state index contributed by atoms with van der Waals surface area (Å²) in [5.41, 5.74) is 1.80. The zero-order chi connectivity index (χ0) is 14.8. The van der Waals surface area contributed by atoms with Gasteiger partial charge in [-0.2, -0.15) is 0 Å². The van der Waals surface area contributed by atoms with Crippen LogP contribution in [0.5, 0.6) is 5.75 Å². The van der Waals surface area contributed by atoms with Gasteiger partial charge in [0.2, 0.25) is 0 Å². The molecule has 0 fully saturated rings. The average molecular weight is 278 g/mol. The van der Waals surface area contributed by atoms with Gasteiger partial charge >= 0.3 is 0 Å². The third-order valence-corrected chi connectivity index (χ3v) is 3.43. The predicted molar refractivity (Wildman–Crippen MR) is 82.5 cm³/mol. The lowest BCUT2D eigenvalue weighted by Gasteiger charge is -2.10. The van der Waals surface area contributed by atoms with Gasteiger partial charge in [0.1, 0.15) is 5.75 Å². The summed E-state index contributed by atoms with van der Waals surface area (Å²) in [5, 5.41) is 14.6. The number of nitrogens with zero attached hydrogens (tertiary/aromatic N) is 1. The first-order valence-corrected chi connectivity index (χ1v) is 6.59. The van der Waals surface area contributed by atoms with E-state index in [1.54, 1.807) is 24.5 Å². The van der Waals surface area contributed by atoms with Gasteiger partial charge in [0.25, 0.3) is 5.91 Å². The van der Waals surface area contributed by atoms with Crippen LogP contribution in [0.25, 0.3) is 10.8 Å². The number of rotatable bonds is 2. The molecule has 0 saturated heterocycles. The van der Waals surface area contributed by atoms with E-state index >= 15 is 0 Å². The number of phenols is 1. The van der Waals surface area contributed by atoms with Crippen molar-refractivity contribution in [3.63, 3.8) is 0 Å². The maximum absolute atomic E-state index is 12.3. The highest BCUT2D eigenvalue weighted by Gasteiger charge is 2.14. The Labute approximate surface area is 122 Å². The summed E-state index contributed by atoms with van der Waals surface area (Å²) < 4.78 is 0. The smallest absolute Gasteiger partial charge is 0.259 e. The number of anilines is 1. The van der Waals surface area contributed by atoms with Gasteiger partial charge in [0, 0.05) is 11.6 Å². The maximum atomic E-state index is 12.3. The standard InChI is InChI=1S/C17H14N2O2/c1-11-8-9-18-10-15(11)19-17(21)14-7-6-12-4-2-3-5-13(12)16(14)20/h2-10,20H,1H3,(H,19,21). The molecule has 3 rings (SSSR count). The van der Waals surface area contributed by atoms with E-state index in [1.165, 1.54) is 0 Å². The molecule has 1 heterocycles. The molecule has 0 aliphatic rings. The molecule has 2 N–H and O–H groups in total. The number of carbonyl (C=O) groups is 1. The number of hydrogen-bond donors (Lipinski definition) is 2. The van der Waals surface area contributed by atoms with Gasteiger partial charge in [-0.1, -0.05) is 30.3 Å². The molecule has 0 radical (unpaired) electrons. The summed E-state index contributed by atoms with van der Waals surface area (Å²) in [6, 6.07) is 12.7. The molecule has 104 valence electrons. The number of aromatic hydroxyl groups is 1. The van der Waals surface area contributed by atoms with Crippen molar-refractivity contribution in [3.05, 3.63) is 66.0 Å². The van der Waals surface area contributed by atoms with E-state index < -0.39 is 0 Å². The predicted octanol–water partition coefficient (Wildman–Crippen LogP) is 3.50. The monoisotopic (exact) mass is 278 g/mol. The summed E-state index contributed by atoms with van der Waals surface area (Å²) in [6.07, 6.45) is 3.25. The van der Waals surface area contributed by atoms with Crippen molar-refractivity contribution in [1.29, 1.82) is 0 Å². The van der Waals surface area contributed by atoms with Gasteiger partial charge in [-0.05, 0) is 30.0 Å². The number of fused-ring (bicyclic) bond motifs is 1. The molecule has 0 spiro atoms. The Balaban J connectivity index is 1.99. The van der Waals surface area contributed by atoms with Crippen molar-refractivity contribution in [2.24, 2.45) is 0 Å². The summed E-state index contributed by atoms with van der Waals surface area (Å²) in [4.78, 5) is 16.3. The first-order valence-electron chi connectivity index (χ1n) is 6.59. The summed E-state index contributed by atoms with van der Waals surface area (Å²) in [6.45, 7) is 1.89. The molecule has 4 nitrogen and oxygen atoms in total. The third kappa shape index (κ3) is 2.43. The van der Waals surface area contributed by atoms with Crippen LogP contribution in [0.4, 0.5) is 5.69 Å². The molecule has 0 aliphatic heterocycles. The highest BCUT2D eigenvalue weighted by Crippen LogP contribution is 2.29. The van der Waals surface area contributed by atoms with Gasteiger partial charge in [-0.25, -0.2) is 0 Å². The Hall–Kier alpha value is -2.88. The number of hydrogen-bond acceptors (Lipinski definition) is 3. The minimum Gasteiger partial charge on any atom is -0.506 e. The van der Waals surface area contributed by atoms with Crippen molar-refractivity contribution in [1.82, 2.24) is 4.98 Å². The van der Waals surface area contributed by atoms with Crippen LogP contribution in [-0.4, -0.2) is 16.0 Å². The van der Waals surface area contributed by atoms with E-state index in [0.29, 0.717) is 11.1 Å². The van der Waals surface area contributed by atoms with Crippen LogP contribution in [-0.2, 0) is 0 Å². The number of aromatic nitrogens is 1. The Morgan fingerprint density at radius 3 is 2.76 bits per heavy atom. The molecular weight excluding hydrogens is 264 g/mol. The summed E-state index contributed by atoms with van der Waals surface area (Å²) >= 11 is 0. The van der Waals surface area contributed by atoms with E-state index in [-0.39, 0.29) is 17.2 Å². The molecule has 21 heavy (non-hydrogen) atoms. The Morgan fingerprint density at radius 1 is 1.14 bits per heavy atom. The molecular formula is C17H14N2O2. The van der Waals surface area contributed by atoms with E-state index in [2.05, 4.69) is 10.3 Å². The minimum atomic E-state index is -0.352. The third-order valence-electron chi connectivity index (χ3n) is 3.43. The second-order valence-corrected chi connectivity index (χ2v) is 4.83. The summed E-state index contributed by atoms with van der Waals surface area (Å²) in [5.74, 6) is -0.360. The molecule has 0 saturated carbocycles. The molecule has 4 heteroatoms. The van der Waals surface area contributed by atoms with Crippen LogP contribution in [0, 0.1) is 6.92 Å². The largest absolute Gasteiger partial charge is 0.506 e. The number of nitrogens with one attached hydrogen (secondary N) is 1. The number of pyridine rings is 1. The van der Waals surface area contributed by atoms with Crippen LogP contribution in [0.2, 0.25) is 0 Å². The SMILES string of the molecule is Cc1ccncc1NC(=O)c1ccc2ccccc2c1O. The van der Waals surface area contributed by atoms with E-state index in [0.717, 1.165) is 10.9 Å². The lowest BCUT2D eigenvalue weighted by molar-refractivity contribution is 0.102. The molecule has 3 aromatic rings. The fraction of sp³-hybridized carbons (Fsp3) is 0.0588. The second kappa shape index (κ2) is 5.25. The van der Waals surface area contributed by atoms with Crippen LogP contribution >= 0.6 is 0 Å². The highest BCUT2D eigenvalue weighted by atomic mass is 16.3. The van der Waals surface area contributed by atoms with Crippen LogP contribution < -0.4 is 5.32 Å². The topological polar surface area (TPSA) is 62.2 Å². The van der Waals surface area contributed by atoms with Crippen molar-refractivity contribution >= 4 is 22.4 Å². The van der Waals surface area contributed by atoms with Gasteiger partial charge in [0.15, 0.2) is 0 Å². The second-order valence-electron chi connectivity index (χ2n) is 4.83. The van der Waals surface area contributed by atoms with Crippen molar-refractivity contribution in [2.75, 3.05) is 5.32 Å². The number of phenolic OH excluding ortho intramolecular Hbond substituents is 1. The van der Waals surface area contributed by atoms with Crippen molar-refractivity contribution < 1.29 is 9.90 Å². The Bertz CT molecular complexity index is 828. The van der Waals surface area contributed by atoms with Gasteiger partial charge in [-0.15, -0.1) is 0 Å². The minimum absolute atomic E-state index is 0.00727. The van der Waals surface area contributed by atoms with E-state index in [4.69, 9.17) is 0 Å². The fourth-order valence-corrected chi connectivity index (χ4v) is 2.22. The fourth-order valence-electron chi connectivity index (χ4n) is 2.22. The number of amides is 1. The van der Waals surface area contributed by atoms with Crippen molar-refractivity contribution in [3.8, 4) is 5.75 Å². The van der Waals surface area contributed by atoms with Crippen LogP contribution in [0.3, 0.4) is 0 Å². The highest BCUT2D eigenvalue weighted by molar-refractivity contribution is 6.10. The van der Waals surface area contributed by atoms with Crippen LogP contribution in [0.1, 0.15) is 15.9 Å². The summed E-state index contributed by atoms with van der Waals surface area (Å²) in [7, 11) is 0. The maximum Gasteiger partial charge on any atom is 0.259 e. The van der Waals surface area contributed by atoms with E-state index in [1.807, 2.05) is 37.3 Å². The van der Waals surface area contributed by atoms with Gasteiger partial charge in [0.05, 0.1) is 17.4 Å². The van der Waals surface area contributed by atoms with Gasteiger partial charge in [-0.3, -0.25) is 9.78 Å².